The van der Waals surface area contributed by atoms with E-state index < -0.39 is 37.8 Å². The largest absolute Gasteiger partial charge is 0.476 e. The van der Waals surface area contributed by atoms with E-state index in [1.165, 1.54) is 5.56 Å². The minimum Gasteiger partial charge on any atom is -0.476 e. The fourth-order valence-corrected chi connectivity index (χ4v) is 12.3. The molecule has 0 unspecified atom stereocenters. The Balaban J connectivity index is 0.859. The lowest BCUT2D eigenvalue weighted by Gasteiger charge is -2.41. The molecular formula is C64H57N2O7P. The molecule has 1 N–H and O–H groups in total. The van der Waals surface area contributed by atoms with Crippen LogP contribution < -0.4 is 5.32 Å². The molecule has 9 nitrogen and oxygen atoms in total. The first-order valence-corrected chi connectivity index (χ1v) is 26.4. The number of benzene rings is 8. The van der Waals surface area contributed by atoms with E-state index in [4.69, 9.17) is 37.5 Å². The molecule has 0 saturated carbocycles. The van der Waals surface area contributed by atoms with Gasteiger partial charge in [0.25, 0.3) is 0 Å². The summed E-state index contributed by atoms with van der Waals surface area (Å²) in [6.07, 6.45) is -0.831. The quantitative estimate of drug-likeness (QED) is 0.114. The SMILES string of the molecule is CC1(C)O[C@@H]2[C@@H](O1)C(c1ccccc1)(c1ccccc1)OP(OCc1ccc(-c3cccc(C/C(C4=N[C@@H](c5ccccc5)CO4)=C4/N[C@@H](c5ccccc5)CO4)c3)cc1)OC2(c1ccccc1)c1ccccc1. The van der Waals surface area contributed by atoms with E-state index in [1.807, 2.05) is 111 Å². The standard InChI is InChI=1S/C64H57N2O7P/c1-62(2)70-58-59(71-62)64(53-32-17-7-18-33-53,54-34-19-8-20-35-54)73-74(72-63(58,51-28-13-5-14-29-51)52-30-15-6-16-31-52)69-42-45-36-38-47(39-37-45)50-27-21-22-46(40-50)41-55(60-65-56(43-67-60)48-23-9-3-10-24-48)61-66-57(44-68-61)49-25-11-4-12-26-49/h3-40,56-59,65H,41-44H2,1-2H3/b60-55+/t56-,57-,58-,59-/m1/s1. The van der Waals surface area contributed by atoms with Gasteiger partial charge in [0.15, 0.2) is 22.9 Å². The van der Waals surface area contributed by atoms with Crippen LogP contribution in [0.5, 0.6) is 0 Å². The van der Waals surface area contributed by atoms with Gasteiger partial charge in [-0.15, -0.1) is 0 Å². The van der Waals surface area contributed by atoms with Gasteiger partial charge in [0, 0.05) is 6.42 Å². The Kier molecular flexibility index (Phi) is 13.3. The van der Waals surface area contributed by atoms with Crippen molar-refractivity contribution in [3.8, 4) is 11.1 Å². The van der Waals surface area contributed by atoms with Crippen molar-refractivity contribution >= 4 is 14.5 Å². The van der Waals surface area contributed by atoms with Gasteiger partial charge >= 0.3 is 8.60 Å². The van der Waals surface area contributed by atoms with Crippen molar-refractivity contribution < 1.29 is 32.5 Å². The van der Waals surface area contributed by atoms with Crippen LogP contribution in [0.1, 0.15) is 70.4 Å². The number of nitrogens with zero attached hydrogens (tertiary/aromatic N) is 1. The zero-order valence-electron chi connectivity index (χ0n) is 41.3. The third-order valence-electron chi connectivity index (χ3n) is 14.3. The van der Waals surface area contributed by atoms with Crippen LogP contribution in [-0.4, -0.2) is 37.1 Å². The molecule has 0 aromatic heterocycles. The summed E-state index contributed by atoms with van der Waals surface area (Å²) in [6, 6.07) is 78.8. The van der Waals surface area contributed by atoms with Crippen molar-refractivity contribution in [1.29, 1.82) is 0 Å². The van der Waals surface area contributed by atoms with Crippen LogP contribution in [0.3, 0.4) is 0 Å². The fourth-order valence-electron chi connectivity index (χ4n) is 10.8. The van der Waals surface area contributed by atoms with Gasteiger partial charge in [-0.1, -0.05) is 231 Å². The van der Waals surface area contributed by atoms with Crippen molar-refractivity contribution in [2.75, 3.05) is 13.2 Å². The maximum Gasteiger partial charge on any atom is 0.335 e. The van der Waals surface area contributed by atoms with Crippen LogP contribution in [0.15, 0.2) is 247 Å². The van der Waals surface area contributed by atoms with Crippen LogP contribution in [0.25, 0.3) is 11.1 Å². The Bertz CT molecular complexity index is 3050. The molecule has 3 saturated heterocycles. The number of nitrogens with one attached hydrogen (secondary N) is 1. The van der Waals surface area contributed by atoms with Crippen LogP contribution >= 0.6 is 8.60 Å². The highest BCUT2D eigenvalue weighted by Gasteiger charge is 2.67. The van der Waals surface area contributed by atoms with Crippen LogP contribution in [0.4, 0.5) is 0 Å². The Labute approximate surface area is 434 Å². The summed E-state index contributed by atoms with van der Waals surface area (Å²) in [6.45, 7) is 5.12. The average molecular weight is 997 g/mol. The molecule has 0 aliphatic carbocycles. The second kappa shape index (κ2) is 20.6. The molecule has 4 atom stereocenters. The number of aliphatic imine (C=N–C) groups is 1. The van der Waals surface area contributed by atoms with E-state index in [0.717, 1.165) is 55.6 Å². The minimum absolute atomic E-state index is 0.0181. The van der Waals surface area contributed by atoms with E-state index in [2.05, 4.69) is 139 Å². The highest BCUT2D eigenvalue weighted by molar-refractivity contribution is 7.41. The first kappa shape index (κ1) is 47.8. The number of fused-ring (bicyclic) bond motifs is 1. The molecule has 8 aromatic carbocycles. The van der Waals surface area contributed by atoms with E-state index in [9.17, 15) is 0 Å². The van der Waals surface area contributed by atoms with Gasteiger partial charge < -0.3 is 28.8 Å². The van der Waals surface area contributed by atoms with Crippen molar-refractivity contribution in [3.05, 3.63) is 286 Å². The lowest BCUT2D eigenvalue weighted by Crippen LogP contribution is -2.53. The molecular weight excluding hydrogens is 940 g/mol. The van der Waals surface area contributed by atoms with Crippen LogP contribution in [0, 0.1) is 0 Å². The summed E-state index contributed by atoms with van der Waals surface area (Å²) >= 11 is 0. The number of hydrogen-bond acceptors (Lipinski definition) is 9. The molecule has 8 aromatic rings. The Morgan fingerprint density at radius 3 is 1.55 bits per heavy atom. The van der Waals surface area contributed by atoms with Crippen molar-refractivity contribution in [1.82, 2.24) is 5.32 Å². The van der Waals surface area contributed by atoms with Crippen LogP contribution in [0.2, 0.25) is 0 Å². The van der Waals surface area contributed by atoms with Gasteiger partial charge in [-0.2, -0.15) is 0 Å². The number of rotatable bonds is 13. The van der Waals surface area contributed by atoms with E-state index in [-0.39, 0.29) is 18.7 Å². The Hall–Kier alpha value is -7.20. The van der Waals surface area contributed by atoms with Gasteiger partial charge in [0.05, 0.1) is 18.2 Å². The number of ether oxygens (including phenoxy) is 4. The first-order valence-electron chi connectivity index (χ1n) is 25.4. The summed E-state index contributed by atoms with van der Waals surface area (Å²) in [5.41, 5.74) is 8.57. The lowest BCUT2D eigenvalue weighted by atomic mass is 9.72. The Morgan fingerprint density at radius 1 is 0.527 bits per heavy atom. The average Bonchev–Trinajstić information content (AvgIpc) is 4.24. The maximum atomic E-state index is 7.55. The molecule has 0 bridgehead atoms. The van der Waals surface area contributed by atoms with Gasteiger partial charge in [0.2, 0.25) is 5.90 Å². The number of hydrogen-bond donors (Lipinski definition) is 1. The van der Waals surface area contributed by atoms with E-state index in [1.54, 1.807) is 0 Å². The van der Waals surface area contributed by atoms with E-state index >= 15 is 0 Å². The molecule has 370 valence electrons. The topological polar surface area (TPSA) is 89.0 Å². The molecule has 74 heavy (non-hydrogen) atoms. The first-order chi connectivity index (χ1) is 36.3. The third-order valence-corrected chi connectivity index (χ3v) is 15.6. The zero-order valence-corrected chi connectivity index (χ0v) is 42.2. The predicted molar refractivity (Wildman–Crippen MR) is 288 cm³/mol. The third kappa shape index (κ3) is 9.37. The highest BCUT2D eigenvalue weighted by Crippen LogP contribution is 2.65. The molecule has 10 heteroatoms. The lowest BCUT2D eigenvalue weighted by molar-refractivity contribution is -0.176. The molecule has 0 amide bonds. The van der Waals surface area contributed by atoms with Crippen molar-refractivity contribution in [2.24, 2.45) is 4.99 Å². The second-order valence-electron chi connectivity index (χ2n) is 19.6. The van der Waals surface area contributed by atoms with Gasteiger partial charge in [-0.25, -0.2) is 4.99 Å². The molecule has 4 aliphatic rings. The summed E-state index contributed by atoms with van der Waals surface area (Å²) in [5.74, 6) is 0.313. The van der Waals surface area contributed by atoms with E-state index in [0.29, 0.717) is 31.4 Å². The molecule has 4 aliphatic heterocycles. The molecule has 0 radical (unpaired) electrons. The summed E-state index contributed by atoms with van der Waals surface area (Å²) < 4.78 is 49.2. The molecule has 12 rings (SSSR count). The second-order valence-corrected chi connectivity index (χ2v) is 20.6. The predicted octanol–water partition coefficient (Wildman–Crippen LogP) is 13.8. The summed E-state index contributed by atoms with van der Waals surface area (Å²) in [4.78, 5) is 5.12. The summed E-state index contributed by atoms with van der Waals surface area (Å²) in [7, 11) is -2.15. The van der Waals surface area contributed by atoms with Gasteiger partial charge in [0.1, 0.15) is 31.5 Å². The normalized spacial score (nSPS) is 22.3. The maximum absolute atomic E-state index is 7.55. The molecule has 4 heterocycles. The highest BCUT2D eigenvalue weighted by atomic mass is 31.2. The monoisotopic (exact) mass is 996 g/mol. The summed E-state index contributed by atoms with van der Waals surface area (Å²) in [5, 5.41) is 3.66. The van der Waals surface area contributed by atoms with Crippen molar-refractivity contribution in [2.45, 2.75) is 68.2 Å². The zero-order chi connectivity index (χ0) is 50.0. The van der Waals surface area contributed by atoms with Crippen molar-refractivity contribution in [3.63, 3.8) is 0 Å². The molecule has 3 fully saturated rings. The minimum atomic E-state index is -2.15. The molecule has 0 spiro atoms. The fraction of sp³-hybridized carbons (Fsp3) is 0.203. The smallest absolute Gasteiger partial charge is 0.335 e. The van der Waals surface area contributed by atoms with Gasteiger partial charge in [-0.3, -0.25) is 9.05 Å². The van der Waals surface area contributed by atoms with Crippen LogP contribution in [-0.2, 0) is 56.7 Å². The Morgan fingerprint density at radius 2 is 1.03 bits per heavy atom. The van der Waals surface area contributed by atoms with Gasteiger partial charge in [-0.05, 0) is 69.5 Å².